The summed E-state index contributed by atoms with van der Waals surface area (Å²) in [6.07, 6.45) is 1.45. The lowest BCUT2D eigenvalue weighted by Gasteiger charge is -2.11. The van der Waals surface area contributed by atoms with Gasteiger partial charge in [-0.3, -0.25) is 4.98 Å². The minimum atomic E-state index is -0.924. The van der Waals surface area contributed by atoms with Crippen molar-refractivity contribution in [2.24, 2.45) is 5.73 Å². The van der Waals surface area contributed by atoms with Gasteiger partial charge in [0.1, 0.15) is 0 Å². The Kier molecular flexibility index (Phi) is 3.36. The first-order valence-electron chi connectivity index (χ1n) is 4.90. The van der Waals surface area contributed by atoms with Crippen molar-refractivity contribution in [3.8, 4) is 0 Å². The molecule has 5 heteroatoms. The summed E-state index contributed by atoms with van der Waals surface area (Å²) >= 11 is 5.70. The average molecular weight is 255 g/mol. The fourth-order valence-electron chi connectivity index (χ4n) is 1.45. The lowest BCUT2D eigenvalue weighted by atomic mass is 10.0. The molecular formula is C12H9ClF2N2. The van der Waals surface area contributed by atoms with Gasteiger partial charge in [-0.1, -0.05) is 17.7 Å². The topological polar surface area (TPSA) is 38.9 Å². The number of nitrogens with two attached hydrogens (primary N) is 1. The molecule has 1 heterocycles. The van der Waals surface area contributed by atoms with Crippen molar-refractivity contribution in [2.45, 2.75) is 6.04 Å². The van der Waals surface area contributed by atoms with Gasteiger partial charge in [0.2, 0.25) is 0 Å². The predicted octanol–water partition coefficient (Wildman–Crippen LogP) is 3.06. The number of aromatic nitrogens is 1. The van der Waals surface area contributed by atoms with Gasteiger partial charge in [0.25, 0.3) is 0 Å². The molecule has 0 bridgehead atoms. The Labute approximate surface area is 102 Å². The zero-order valence-electron chi connectivity index (χ0n) is 8.70. The van der Waals surface area contributed by atoms with E-state index in [0.29, 0.717) is 16.3 Å². The molecule has 0 spiro atoms. The molecule has 0 saturated carbocycles. The molecule has 1 aromatic carbocycles. The molecule has 2 N–H and O–H groups in total. The molecule has 2 rings (SSSR count). The minimum Gasteiger partial charge on any atom is -0.319 e. The Morgan fingerprint density at radius 3 is 2.47 bits per heavy atom. The zero-order valence-corrected chi connectivity index (χ0v) is 9.46. The molecule has 0 radical (unpaired) electrons. The van der Waals surface area contributed by atoms with Gasteiger partial charge in [-0.2, -0.15) is 0 Å². The highest BCUT2D eigenvalue weighted by Crippen LogP contribution is 2.20. The quantitative estimate of drug-likeness (QED) is 0.895. The van der Waals surface area contributed by atoms with Crippen LogP contribution in [0.4, 0.5) is 8.78 Å². The van der Waals surface area contributed by atoms with E-state index in [1.165, 1.54) is 12.3 Å². The molecule has 1 atom stereocenters. The maximum absolute atomic E-state index is 13.0. The molecule has 0 aliphatic rings. The van der Waals surface area contributed by atoms with Gasteiger partial charge in [-0.25, -0.2) is 8.78 Å². The van der Waals surface area contributed by atoms with Crippen molar-refractivity contribution >= 4 is 11.6 Å². The van der Waals surface area contributed by atoms with Crippen LogP contribution in [0.5, 0.6) is 0 Å². The summed E-state index contributed by atoms with van der Waals surface area (Å²) in [5.41, 5.74) is 6.89. The van der Waals surface area contributed by atoms with Gasteiger partial charge >= 0.3 is 0 Å². The van der Waals surface area contributed by atoms with Crippen molar-refractivity contribution in [3.05, 3.63) is 64.4 Å². The Hall–Kier alpha value is -1.52. The van der Waals surface area contributed by atoms with E-state index in [1.54, 1.807) is 12.1 Å². The van der Waals surface area contributed by atoms with Crippen LogP contribution >= 0.6 is 11.6 Å². The smallest absolute Gasteiger partial charge is 0.159 e. The summed E-state index contributed by atoms with van der Waals surface area (Å²) in [5.74, 6) is -1.82. The van der Waals surface area contributed by atoms with Gasteiger partial charge in [0.15, 0.2) is 11.6 Å². The minimum absolute atomic E-state index is 0.457. The predicted molar refractivity (Wildman–Crippen MR) is 61.6 cm³/mol. The van der Waals surface area contributed by atoms with Crippen LogP contribution in [0.3, 0.4) is 0 Å². The van der Waals surface area contributed by atoms with E-state index in [0.717, 1.165) is 12.1 Å². The van der Waals surface area contributed by atoms with Crippen molar-refractivity contribution in [3.63, 3.8) is 0 Å². The molecule has 2 nitrogen and oxygen atoms in total. The number of rotatable bonds is 2. The third-order valence-electron chi connectivity index (χ3n) is 2.37. The third kappa shape index (κ3) is 2.60. The number of halogens is 3. The maximum Gasteiger partial charge on any atom is 0.159 e. The van der Waals surface area contributed by atoms with Gasteiger partial charge in [-0.15, -0.1) is 0 Å². The van der Waals surface area contributed by atoms with Crippen LogP contribution in [0.2, 0.25) is 5.02 Å². The van der Waals surface area contributed by atoms with E-state index < -0.39 is 17.7 Å². The Morgan fingerprint density at radius 1 is 1.12 bits per heavy atom. The first-order chi connectivity index (χ1) is 8.08. The molecular weight excluding hydrogens is 246 g/mol. The van der Waals surface area contributed by atoms with Crippen molar-refractivity contribution in [1.82, 2.24) is 4.98 Å². The molecule has 0 saturated heterocycles. The van der Waals surface area contributed by atoms with E-state index >= 15 is 0 Å². The summed E-state index contributed by atoms with van der Waals surface area (Å²) in [4.78, 5) is 4.03. The second-order valence-electron chi connectivity index (χ2n) is 3.55. The van der Waals surface area contributed by atoms with E-state index in [9.17, 15) is 8.78 Å². The van der Waals surface area contributed by atoms with Crippen LogP contribution in [0.15, 0.2) is 36.5 Å². The van der Waals surface area contributed by atoms with E-state index in [2.05, 4.69) is 4.98 Å². The van der Waals surface area contributed by atoms with E-state index in [-0.39, 0.29) is 0 Å². The van der Waals surface area contributed by atoms with Crippen LogP contribution in [-0.2, 0) is 0 Å². The number of benzene rings is 1. The van der Waals surface area contributed by atoms with Crippen LogP contribution in [0, 0.1) is 11.6 Å². The first-order valence-corrected chi connectivity index (χ1v) is 5.27. The lowest BCUT2D eigenvalue weighted by Crippen LogP contribution is -2.13. The average Bonchev–Trinajstić information content (AvgIpc) is 2.33. The molecule has 1 aromatic heterocycles. The van der Waals surface area contributed by atoms with Gasteiger partial charge < -0.3 is 5.73 Å². The van der Waals surface area contributed by atoms with Gasteiger partial charge in [-0.05, 0) is 29.8 Å². The second-order valence-corrected chi connectivity index (χ2v) is 3.99. The molecule has 0 amide bonds. The summed E-state index contributed by atoms with van der Waals surface area (Å²) < 4.78 is 25.8. The molecule has 0 aliphatic heterocycles. The first kappa shape index (κ1) is 12.0. The van der Waals surface area contributed by atoms with Crippen LogP contribution in [0.25, 0.3) is 0 Å². The third-order valence-corrected chi connectivity index (χ3v) is 2.60. The van der Waals surface area contributed by atoms with E-state index in [1.807, 2.05) is 0 Å². The molecule has 2 aromatic rings. The molecule has 0 fully saturated rings. The van der Waals surface area contributed by atoms with Crippen molar-refractivity contribution in [1.29, 1.82) is 0 Å². The summed E-state index contributed by atoms with van der Waals surface area (Å²) in [6, 6.07) is 6.22. The normalized spacial score (nSPS) is 12.5. The highest BCUT2D eigenvalue weighted by molar-refractivity contribution is 6.30. The van der Waals surface area contributed by atoms with Crippen LogP contribution in [0.1, 0.15) is 17.3 Å². The van der Waals surface area contributed by atoms with Gasteiger partial charge in [0.05, 0.1) is 16.8 Å². The van der Waals surface area contributed by atoms with Crippen LogP contribution < -0.4 is 5.73 Å². The summed E-state index contributed by atoms with van der Waals surface area (Å²) in [5, 5.41) is 0.492. The SMILES string of the molecule is NC(c1ccc(F)c(F)c1)c1ccc(Cl)cn1. The van der Waals surface area contributed by atoms with Gasteiger partial charge in [0, 0.05) is 6.20 Å². The standard InChI is InChI=1S/C12H9ClF2N2/c13-8-2-4-11(17-6-8)12(16)7-1-3-9(14)10(15)5-7/h1-6,12H,16H2. The molecule has 0 aliphatic carbocycles. The molecule has 17 heavy (non-hydrogen) atoms. The fourth-order valence-corrected chi connectivity index (χ4v) is 1.56. The lowest BCUT2D eigenvalue weighted by molar-refractivity contribution is 0.506. The number of hydrogen-bond donors (Lipinski definition) is 1. The fraction of sp³-hybridized carbons (Fsp3) is 0.0833. The number of hydrogen-bond acceptors (Lipinski definition) is 2. The highest BCUT2D eigenvalue weighted by Gasteiger charge is 2.12. The zero-order chi connectivity index (χ0) is 12.4. The Morgan fingerprint density at radius 2 is 1.88 bits per heavy atom. The molecule has 1 unspecified atom stereocenters. The number of pyridine rings is 1. The van der Waals surface area contributed by atoms with Crippen molar-refractivity contribution < 1.29 is 8.78 Å². The summed E-state index contributed by atoms with van der Waals surface area (Å²) in [7, 11) is 0. The number of nitrogens with zero attached hydrogens (tertiary/aromatic N) is 1. The monoisotopic (exact) mass is 254 g/mol. The Bertz CT molecular complexity index is 529. The molecule has 88 valence electrons. The second kappa shape index (κ2) is 4.77. The van der Waals surface area contributed by atoms with Crippen LogP contribution in [-0.4, -0.2) is 4.98 Å². The summed E-state index contributed by atoms with van der Waals surface area (Å²) in [6.45, 7) is 0. The van der Waals surface area contributed by atoms with Crippen molar-refractivity contribution in [2.75, 3.05) is 0 Å². The van der Waals surface area contributed by atoms with E-state index in [4.69, 9.17) is 17.3 Å². The highest BCUT2D eigenvalue weighted by atomic mass is 35.5. The largest absolute Gasteiger partial charge is 0.319 e. The Balaban J connectivity index is 2.33. The maximum atomic E-state index is 13.0.